The van der Waals surface area contributed by atoms with Crippen LogP contribution in [0.4, 0.5) is 4.79 Å². The first-order chi connectivity index (χ1) is 7.58. The molecule has 0 aliphatic carbocycles. The highest BCUT2D eigenvalue weighted by Crippen LogP contribution is 2.03. The largest absolute Gasteiger partial charge is 0.336 e. The summed E-state index contributed by atoms with van der Waals surface area (Å²) in [6, 6.07) is 8.05. The van der Waals surface area contributed by atoms with Gasteiger partial charge in [-0.05, 0) is 32.4 Å². The molecule has 0 unspecified atom stereocenters. The van der Waals surface area contributed by atoms with Crippen LogP contribution in [0.1, 0.15) is 25.0 Å². The van der Waals surface area contributed by atoms with Crippen LogP contribution < -0.4 is 10.6 Å². The fourth-order valence-electron chi connectivity index (χ4n) is 1.19. The molecule has 0 aromatic heterocycles. The van der Waals surface area contributed by atoms with Gasteiger partial charge >= 0.3 is 6.03 Å². The van der Waals surface area contributed by atoms with E-state index >= 15 is 0 Å². The monoisotopic (exact) mass is 218 g/mol. The van der Waals surface area contributed by atoms with Gasteiger partial charge in [0.25, 0.3) is 0 Å². The Morgan fingerprint density at radius 1 is 1.25 bits per heavy atom. The minimum atomic E-state index is -0.182. The molecule has 0 saturated carbocycles. The van der Waals surface area contributed by atoms with Crippen molar-refractivity contribution in [2.45, 2.75) is 26.8 Å². The number of aryl methyl sites for hydroxylation is 1. The SMILES string of the molecule is Cc1ccc(/C=C/NC(=O)NC(C)C)cc1. The molecule has 2 N–H and O–H groups in total. The number of hydrogen-bond acceptors (Lipinski definition) is 1. The van der Waals surface area contributed by atoms with Crippen molar-refractivity contribution in [3.05, 3.63) is 41.6 Å². The maximum atomic E-state index is 11.2. The highest BCUT2D eigenvalue weighted by molar-refractivity contribution is 5.76. The molecule has 86 valence electrons. The molecule has 0 aliphatic heterocycles. The van der Waals surface area contributed by atoms with Crippen LogP contribution in [0.15, 0.2) is 30.5 Å². The number of carbonyl (C=O) groups excluding carboxylic acids is 1. The van der Waals surface area contributed by atoms with Gasteiger partial charge in [-0.3, -0.25) is 0 Å². The van der Waals surface area contributed by atoms with Crippen molar-refractivity contribution in [2.75, 3.05) is 0 Å². The van der Waals surface area contributed by atoms with Crippen molar-refractivity contribution >= 4 is 12.1 Å². The van der Waals surface area contributed by atoms with Crippen LogP contribution in [-0.4, -0.2) is 12.1 Å². The molecule has 0 spiro atoms. The number of benzene rings is 1. The molecule has 0 saturated heterocycles. The molecule has 0 atom stereocenters. The summed E-state index contributed by atoms with van der Waals surface area (Å²) in [4.78, 5) is 11.2. The lowest BCUT2D eigenvalue weighted by Gasteiger charge is -2.06. The van der Waals surface area contributed by atoms with Crippen LogP contribution in [0.3, 0.4) is 0 Å². The molecule has 1 aromatic carbocycles. The Hall–Kier alpha value is -1.77. The zero-order chi connectivity index (χ0) is 12.0. The van der Waals surface area contributed by atoms with Gasteiger partial charge in [-0.2, -0.15) is 0 Å². The first kappa shape index (κ1) is 12.3. The predicted octanol–water partition coefficient (Wildman–Crippen LogP) is 2.67. The average molecular weight is 218 g/mol. The second-order valence-electron chi connectivity index (χ2n) is 4.02. The topological polar surface area (TPSA) is 41.1 Å². The van der Waals surface area contributed by atoms with E-state index in [-0.39, 0.29) is 12.1 Å². The molecule has 16 heavy (non-hydrogen) atoms. The molecule has 3 heteroatoms. The van der Waals surface area contributed by atoms with Crippen LogP contribution in [0, 0.1) is 6.92 Å². The summed E-state index contributed by atoms with van der Waals surface area (Å²) in [6.07, 6.45) is 3.50. The van der Waals surface area contributed by atoms with E-state index in [0.717, 1.165) is 5.56 Å². The lowest BCUT2D eigenvalue weighted by molar-refractivity contribution is 0.242. The zero-order valence-electron chi connectivity index (χ0n) is 9.95. The quantitative estimate of drug-likeness (QED) is 0.804. The lowest BCUT2D eigenvalue weighted by atomic mass is 10.1. The van der Waals surface area contributed by atoms with Crippen molar-refractivity contribution in [3.8, 4) is 0 Å². The molecule has 2 amide bonds. The smallest absolute Gasteiger partial charge is 0.318 e. The summed E-state index contributed by atoms with van der Waals surface area (Å²) in [5, 5.41) is 5.38. The Labute approximate surface area is 96.6 Å². The van der Waals surface area contributed by atoms with Crippen molar-refractivity contribution in [3.63, 3.8) is 0 Å². The Balaban J connectivity index is 2.43. The van der Waals surface area contributed by atoms with E-state index in [0.29, 0.717) is 0 Å². The number of carbonyl (C=O) groups is 1. The zero-order valence-corrected chi connectivity index (χ0v) is 9.95. The van der Waals surface area contributed by atoms with Gasteiger partial charge in [0.2, 0.25) is 0 Å². The molecule has 1 rings (SSSR count). The van der Waals surface area contributed by atoms with Crippen molar-refractivity contribution in [1.29, 1.82) is 0 Å². The lowest BCUT2D eigenvalue weighted by Crippen LogP contribution is -2.36. The molecular weight excluding hydrogens is 200 g/mol. The van der Waals surface area contributed by atoms with Crippen LogP contribution in [0.5, 0.6) is 0 Å². The minimum Gasteiger partial charge on any atom is -0.336 e. The number of urea groups is 1. The number of amides is 2. The molecule has 0 radical (unpaired) electrons. The number of rotatable bonds is 3. The van der Waals surface area contributed by atoms with E-state index < -0.39 is 0 Å². The van der Waals surface area contributed by atoms with E-state index in [1.54, 1.807) is 6.20 Å². The van der Waals surface area contributed by atoms with E-state index in [2.05, 4.69) is 10.6 Å². The molecule has 3 nitrogen and oxygen atoms in total. The summed E-state index contributed by atoms with van der Waals surface area (Å²) in [5.41, 5.74) is 2.29. The second-order valence-corrected chi connectivity index (χ2v) is 4.02. The summed E-state index contributed by atoms with van der Waals surface area (Å²) in [5.74, 6) is 0. The van der Waals surface area contributed by atoms with Crippen molar-refractivity contribution in [1.82, 2.24) is 10.6 Å². The van der Waals surface area contributed by atoms with E-state index in [1.807, 2.05) is 51.1 Å². The second kappa shape index (κ2) is 5.95. The van der Waals surface area contributed by atoms with E-state index in [4.69, 9.17) is 0 Å². The molecular formula is C13H18N2O. The van der Waals surface area contributed by atoms with Gasteiger partial charge in [0, 0.05) is 12.2 Å². The van der Waals surface area contributed by atoms with Gasteiger partial charge in [-0.25, -0.2) is 4.79 Å². The highest BCUT2D eigenvalue weighted by atomic mass is 16.2. The Bertz CT molecular complexity index is 366. The third kappa shape index (κ3) is 4.64. The van der Waals surface area contributed by atoms with Crippen LogP contribution in [0.2, 0.25) is 0 Å². The summed E-state index contributed by atoms with van der Waals surface area (Å²) in [6.45, 7) is 5.88. The molecule has 0 bridgehead atoms. The van der Waals surface area contributed by atoms with Gasteiger partial charge in [0.05, 0.1) is 0 Å². The summed E-state index contributed by atoms with van der Waals surface area (Å²) < 4.78 is 0. The standard InChI is InChI=1S/C13H18N2O/c1-10(2)15-13(16)14-9-8-12-6-4-11(3)5-7-12/h4-10H,1-3H3,(H2,14,15,16)/b9-8+. The van der Waals surface area contributed by atoms with Crippen molar-refractivity contribution < 1.29 is 4.79 Å². The Morgan fingerprint density at radius 2 is 1.88 bits per heavy atom. The van der Waals surface area contributed by atoms with Crippen LogP contribution in [-0.2, 0) is 0 Å². The maximum absolute atomic E-state index is 11.2. The van der Waals surface area contributed by atoms with Crippen LogP contribution in [0.25, 0.3) is 6.08 Å². The first-order valence-corrected chi connectivity index (χ1v) is 5.38. The van der Waals surface area contributed by atoms with Crippen molar-refractivity contribution in [2.24, 2.45) is 0 Å². The Kier molecular flexibility index (Phi) is 4.58. The maximum Gasteiger partial charge on any atom is 0.318 e. The molecule has 0 heterocycles. The number of nitrogens with one attached hydrogen (secondary N) is 2. The highest BCUT2D eigenvalue weighted by Gasteiger charge is 1.97. The Morgan fingerprint density at radius 3 is 2.44 bits per heavy atom. The molecule has 0 aliphatic rings. The molecule has 1 aromatic rings. The van der Waals surface area contributed by atoms with Gasteiger partial charge in [0.15, 0.2) is 0 Å². The van der Waals surface area contributed by atoms with Gasteiger partial charge in [0.1, 0.15) is 0 Å². The average Bonchev–Trinajstić information content (AvgIpc) is 2.20. The van der Waals surface area contributed by atoms with E-state index in [9.17, 15) is 4.79 Å². The fraction of sp³-hybridized carbons (Fsp3) is 0.308. The van der Waals surface area contributed by atoms with E-state index in [1.165, 1.54) is 5.56 Å². The minimum absolute atomic E-state index is 0.146. The summed E-state index contributed by atoms with van der Waals surface area (Å²) >= 11 is 0. The third-order valence-electron chi connectivity index (χ3n) is 1.99. The molecule has 0 fully saturated rings. The third-order valence-corrected chi connectivity index (χ3v) is 1.99. The predicted molar refractivity (Wildman–Crippen MR) is 67.0 cm³/mol. The van der Waals surface area contributed by atoms with Gasteiger partial charge < -0.3 is 10.6 Å². The first-order valence-electron chi connectivity index (χ1n) is 5.38. The fourth-order valence-corrected chi connectivity index (χ4v) is 1.19. The van der Waals surface area contributed by atoms with Crippen LogP contribution >= 0.6 is 0 Å². The van der Waals surface area contributed by atoms with Gasteiger partial charge in [-0.15, -0.1) is 0 Å². The number of hydrogen-bond donors (Lipinski definition) is 2. The summed E-state index contributed by atoms with van der Waals surface area (Å²) in [7, 11) is 0. The normalized spacial score (nSPS) is 10.8. The van der Waals surface area contributed by atoms with Gasteiger partial charge in [-0.1, -0.05) is 29.8 Å².